The lowest BCUT2D eigenvalue weighted by atomic mass is 10.0. The highest BCUT2D eigenvalue weighted by Gasteiger charge is 2.33. The summed E-state index contributed by atoms with van der Waals surface area (Å²) in [5.74, 6) is 0.187. The fourth-order valence-electron chi connectivity index (χ4n) is 2.59. The van der Waals surface area contributed by atoms with Gasteiger partial charge in [-0.05, 0) is 24.3 Å². The maximum atomic E-state index is 12.6. The van der Waals surface area contributed by atoms with Crippen LogP contribution < -0.4 is 5.73 Å². The lowest BCUT2D eigenvalue weighted by Gasteiger charge is -2.26. The van der Waals surface area contributed by atoms with E-state index in [-0.39, 0.29) is 17.9 Å². The van der Waals surface area contributed by atoms with Crippen molar-refractivity contribution in [1.82, 2.24) is 4.90 Å². The highest BCUT2D eigenvalue weighted by molar-refractivity contribution is 7.09. The molecule has 2 atom stereocenters. The van der Waals surface area contributed by atoms with Crippen LogP contribution in [-0.2, 0) is 16.1 Å². The maximum Gasteiger partial charge on any atom is 0.227 e. The van der Waals surface area contributed by atoms with Gasteiger partial charge in [0.2, 0.25) is 5.91 Å². The monoisotopic (exact) mass is 282 g/mol. The van der Waals surface area contributed by atoms with Crippen LogP contribution in [0.15, 0.2) is 17.5 Å². The van der Waals surface area contributed by atoms with Crippen molar-refractivity contribution in [3.63, 3.8) is 0 Å². The molecule has 1 amide bonds. The minimum atomic E-state index is -0.00295. The second kappa shape index (κ2) is 7.03. The zero-order valence-electron chi connectivity index (χ0n) is 11.4. The molecule has 1 aromatic rings. The number of hydrogen-bond acceptors (Lipinski definition) is 4. The Labute approximate surface area is 118 Å². The summed E-state index contributed by atoms with van der Waals surface area (Å²) < 4.78 is 5.11. The number of hydrogen-bond donors (Lipinski definition) is 1. The number of rotatable bonds is 6. The fourth-order valence-corrected chi connectivity index (χ4v) is 3.31. The van der Waals surface area contributed by atoms with Crippen molar-refractivity contribution in [3.05, 3.63) is 22.4 Å². The Morgan fingerprint density at radius 3 is 3.00 bits per heavy atom. The summed E-state index contributed by atoms with van der Waals surface area (Å²) in [6.07, 6.45) is 2.95. The summed E-state index contributed by atoms with van der Waals surface area (Å²) in [5.41, 5.74) is 6.04. The largest absolute Gasteiger partial charge is 0.383 e. The SMILES string of the molecule is COCCN(Cc1cccs1)C(=O)C1CCCC1N. The normalized spacial score (nSPS) is 22.6. The molecule has 0 saturated heterocycles. The van der Waals surface area contributed by atoms with E-state index in [4.69, 9.17) is 10.5 Å². The van der Waals surface area contributed by atoms with Gasteiger partial charge in [0.15, 0.2) is 0 Å². The standard InChI is InChI=1S/C14H22N2O2S/c1-18-8-7-16(10-11-4-3-9-19-11)14(17)12-5-2-6-13(12)15/h3-4,9,12-13H,2,5-8,10,15H2,1H3. The Balaban J connectivity index is 2.01. The van der Waals surface area contributed by atoms with E-state index in [0.29, 0.717) is 19.7 Å². The average molecular weight is 282 g/mol. The third-order valence-corrected chi connectivity index (χ3v) is 4.55. The van der Waals surface area contributed by atoms with Crippen molar-refractivity contribution in [2.45, 2.75) is 31.8 Å². The van der Waals surface area contributed by atoms with E-state index in [0.717, 1.165) is 19.3 Å². The van der Waals surface area contributed by atoms with Crippen LogP contribution in [0.4, 0.5) is 0 Å². The van der Waals surface area contributed by atoms with Crippen LogP contribution in [0.2, 0.25) is 0 Å². The van der Waals surface area contributed by atoms with Gasteiger partial charge in [0.25, 0.3) is 0 Å². The van der Waals surface area contributed by atoms with Crippen LogP contribution in [0.5, 0.6) is 0 Å². The molecule has 1 aliphatic carbocycles. The fraction of sp³-hybridized carbons (Fsp3) is 0.643. The van der Waals surface area contributed by atoms with Crippen LogP contribution in [-0.4, -0.2) is 37.1 Å². The quantitative estimate of drug-likeness (QED) is 0.866. The molecule has 2 unspecified atom stereocenters. The number of nitrogens with zero attached hydrogens (tertiary/aromatic N) is 1. The van der Waals surface area contributed by atoms with Gasteiger partial charge in [-0.2, -0.15) is 0 Å². The smallest absolute Gasteiger partial charge is 0.227 e. The molecule has 0 bridgehead atoms. The number of ether oxygens (including phenoxy) is 1. The van der Waals surface area contributed by atoms with Crippen LogP contribution in [0.25, 0.3) is 0 Å². The predicted octanol–water partition coefficient (Wildman–Crippen LogP) is 1.85. The number of carbonyl (C=O) groups excluding carboxylic acids is 1. The maximum absolute atomic E-state index is 12.6. The molecule has 1 heterocycles. The van der Waals surface area contributed by atoms with Crippen LogP contribution in [0.3, 0.4) is 0 Å². The van der Waals surface area contributed by atoms with Gasteiger partial charge < -0.3 is 15.4 Å². The summed E-state index contributed by atoms with van der Waals surface area (Å²) >= 11 is 1.68. The van der Waals surface area contributed by atoms with Gasteiger partial charge in [0, 0.05) is 24.6 Å². The van der Waals surface area contributed by atoms with Crippen LogP contribution >= 0.6 is 11.3 Å². The third kappa shape index (κ3) is 3.78. The van der Waals surface area contributed by atoms with E-state index in [1.165, 1.54) is 4.88 Å². The molecular weight excluding hydrogens is 260 g/mol. The topological polar surface area (TPSA) is 55.6 Å². The average Bonchev–Trinajstić information content (AvgIpc) is 3.05. The minimum Gasteiger partial charge on any atom is -0.383 e. The number of methoxy groups -OCH3 is 1. The second-order valence-electron chi connectivity index (χ2n) is 5.03. The van der Waals surface area contributed by atoms with Gasteiger partial charge in [-0.3, -0.25) is 4.79 Å². The summed E-state index contributed by atoms with van der Waals surface area (Å²) in [6.45, 7) is 1.87. The summed E-state index contributed by atoms with van der Waals surface area (Å²) in [5, 5.41) is 2.04. The predicted molar refractivity (Wildman–Crippen MR) is 76.9 cm³/mol. The molecule has 0 radical (unpaired) electrons. The third-order valence-electron chi connectivity index (χ3n) is 3.69. The van der Waals surface area contributed by atoms with E-state index < -0.39 is 0 Å². The van der Waals surface area contributed by atoms with Crippen LogP contribution in [0.1, 0.15) is 24.1 Å². The molecule has 1 saturated carbocycles. The first-order valence-corrected chi connectivity index (χ1v) is 7.66. The highest BCUT2D eigenvalue weighted by Crippen LogP contribution is 2.26. The Kier molecular flexibility index (Phi) is 5.36. The lowest BCUT2D eigenvalue weighted by molar-refractivity contribution is -0.137. The van der Waals surface area contributed by atoms with Crippen molar-refractivity contribution in [2.75, 3.05) is 20.3 Å². The first-order chi connectivity index (χ1) is 9.22. The lowest BCUT2D eigenvalue weighted by Crippen LogP contribution is -2.42. The van der Waals surface area contributed by atoms with Crippen molar-refractivity contribution < 1.29 is 9.53 Å². The molecule has 1 aromatic heterocycles. The van der Waals surface area contributed by atoms with Gasteiger partial charge >= 0.3 is 0 Å². The van der Waals surface area contributed by atoms with Gasteiger partial charge in [-0.25, -0.2) is 0 Å². The van der Waals surface area contributed by atoms with Gasteiger partial charge in [-0.15, -0.1) is 11.3 Å². The summed E-state index contributed by atoms with van der Waals surface area (Å²) in [7, 11) is 1.66. The van der Waals surface area contributed by atoms with E-state index in [2.05, 4.69) is 6.07 Å². The van der Waals surface area contributed by atoms with E-state index in [1.807, 2.05) is 16.3 Å². The highest BCUT2D eigenvalue weighted by atomic mass is 32.1. The van der Waals surface area contributed by atoms with Crippen molar-refractivity contribution in [1.29, 1.82) is 0 Å². The van der Waals surface area contributed by atoms with Crippen molar-refractivity contribution in [3.8, 4) is 0 Å². The van der Waals surface area contributed by atoms with Crippen molar-refractivity contribution in [2.24, 2.45) is 11.7 Å². The Morgan fingerprint density at radius 1 is 1.58 bits per heavy atom. The first kappa shape index (κ1) is 14.5. The molecule has 5 heteroatoms. The van der Waals surface area contributed by atoms with Gasteiger partial charge in [-0.1, -0.05) is 12.5 Å². The zero-order valence-corrected chi connectivity index (χ0v) is 12.2. The van der Waals surface area contributed by atoms with Crippen molar-refractivity contribution >= 4 is 17.2 Å². The second-order valence-corrected chi connectivity index (χ2v) is 6.07. The van der Waals surface area contributed by atoms with E-state index in [9.17, 15) is 4.79 Å². The molecule has 2 rings (SSSR count). The number of nitrogens with two attached hydrogens (primary N) is 1. The van der Waals surface area contributed by atoms with Gasteiger partial charge in [0.1, 0.15) is 0 Å². The van der Waals surface area contributed by atoms with Crippen LogP contribution in [0, 0.1) is 5.92 Å². The molecule has 1 fully saturated rings. The first-order valence-electron chi connectivity index (χ1n) is 6.78. The van der Waals surface area contributed by atoms with E-state index >= 15 is 0 Å². The molecule has 2 N–H and O–H groups in total. The Hall–Kier alpha value is -0.910. The number of carbonyl (C=O) groups is 1. The van der Waals surface area contributed by atoms with E-state index in [1.54, 1.807) is 18.4 Å². The number of thiophene rings is 1. The van der Waals surface area contributed by atoms with Gasteiger partial charge in [0.05, 0.1) is 19.1 Å². The number of amides is 1. The Bertz CT molecular complexity index is 394. The minimum absolute atomic E-state index is 0.00295. The summed E-state index contributed by atoms with van der Waals surface area (Å²) in [6, 6.07) is 4.10. The molecule has 0 aliphatic heterocycles. The molecular formula is C14H22N2O2S. The molecule has 19 heavy (non-hydrogen) atoms. The molecule has 0 spiro atoms. The zero-order chi connectivity index (χ0) is 13.7. The molecule has 106 valence electrons. The Morgan fingerprint density at radius 2 is 2.42 bits per heavy atom. The summed E-state index contributed by atoms with van der Waals surface area (Å²) in [4.78, 5) is 15.7. The molecule has 1 aliphatic rings. The molecule has 4 nitrogen and oxygen atoms in total. The molecule has 0 aromatic carbocycles.